The van der Waals surface area contributed by atoms with Crippen LogP contribution >= 0.6 is 0 Å². The first kappa shape index (κ1) is 17.3. The topological polar surface area (TPSA) is 75.8 Å². The third-order valence-corrected chi connectivity index (χ3v) is 3.17. The lowest BCUT2D eigenvalue weighted by atomic mass is 10.1. The molecule has 21 heavy (non-hydrogen) atoms. The number of hydrogen-bond acceptors (Lipinski definition) is 4. The van der Waals surface area contributed by atoms with Crippen molar-refractivity contribution in [1.29, 1.82) is 0 Å². The maximum absolute atomic E-state index is 12.0. The zero-order valence-electron chi connectivity index (χ0n) is 13.1. The Kier molecular flexibility index (Phi) is 7.02. The van der Waals surface area contributed by atoms with Crippen molar-refractivity contribution in [1.82, 2.24) is 4.90 Å². The van der Waals surface area contributed by atoms with Gasteiger partial charge in [0.2, 0.25) is 5.91 Å². The van der Waals surface area contributed by atoms with Crippen LogP contribution in [0.25, 0.3) is 0 Å². The summed E-state index contributed by atoms with van der Waals surface area (Å²) >= 11 is 0. The quantitative estimate of drug-likeness (QED) is 0.717. The molecule has 0 unspecified atom stereocenters. The van der Waals surface area contributed by atoms with Gasteiger partial charge in [0, 0.05) is 19.5 Å². The zero-order valence-corrected chi connectivity index (χ0v) is 13.1. The molecule has 3 N–H and O–H groups in total. The molecule has 1 rings (SSSR count). The molecule has 1 aromatic carbocycles. The number of carbonyl (C=O) groups is 1. The molecule has 0 saturated carbocycles. The molecule has 5 nitrogen and oxygen atoms in total. The second-order valence-electron chi connectivity index (χ2n) is 5.24. The van der Waals surface area contributed by atoms with Gasteiger partial charge in [0.25, 0.3) is 0 Å². The summed E-state index contributed by atoms with van der Waals surface area (Å²) in [4.78, 5) is 13.6. The number of aliphatic hydroxyl groups excluding tert-OH is 1. The minimum Gasteiger partial charge on any atom is -0.489 e. The van der Waals surface area contributed by atoms with Crippen molar-refractivity contribution in [2.24, 2.45) is 0 Å². The lowest BCUT2D eigenvalue weighted by Crippen LogP contribution is -2.33. The predicted octanol–water partition coefficient (Wildman–Crippen LogP) is 1.83. The van der Waals surface area contributed by atoms with Crippen molar-refractivity contribution in [2.45, 2.75) is 39.7 Å². The van der Waals surface area contributed by atoms with E-state index in [0.717, 1.165) is 5.56 Å². The molecule has 5 heteroatoms. The van der Waals surface area contributed by atoms with Crippen molar-refractivity contribution in [3.8, 4) is 5.75 Å². The van der Waals surface area contributed by atoms with Crippen LogP contribution in [-0.4, -0.2) is 41.7 Å². The van der Waals surface area contributed by atoms with Crippen LogP contribution in [0, 0.1) is 0 Å². The Labute approximate surface area is 126 Å². The average molecular weight is 294 g/mol. The van der Waals surface area contributed by atoms with Crippen molar-refractivity contribution >= 4 is 11.6 Å². The van der Waals surface area contributed by atoms with Gasteiger partial charge >= 0.3 is 0 Å². The van der Waals surface area contributed by atoms with E-state index in [-0.39, 0.29) is 18.6 Å². The number of amides is 1. The molecular formula is C16H26N2O3. The van der Waals surface area contributed by atoms with Gasteiger partial charge in [0.15, 0.2) is 0 Å². The van der Waals surface area contributed by atoms with Gasteiger partial charge in [-0.2, -0.15) is 0 Å². The van der Waals surface area contributed by atoms with E-state index in [1.807, 2.05) is 39.0 Å². The first-order valence-electron chi connectivity index (χ1n) is 7.41. The van der Waals surface area contributed by atoms with Gasteiger partial charge in [-0.15, -0.1) is 0 Å². The fourth-order valence-electron chi connectivity index (χ4n) is 2.10. The summed E-state index contributed by atoms with van der Waals surface area (Å²) < 4.78 is 5.59. The molecule has 0 aromatic heterocycles. The second-order valence-corrected chi connectivity index (χ2v) is 5.24. The van der Waals surface area contributed by atoms with Crippen LogP contribution in [-0.2, 0) is 11.2 Å². The summed E-state index contributed by atoms with van der Waals surface area (Å²) in [6.45, 7) is 6.80. The number of likely N-dealkylation sites (N-methyl/N-ethyl adjacent to an activating group) is 1. The third-order valence-electron chi connectivity index (χ3n) is 3.17. The Bertz CT molecular complexity index is 461. The summed E-state index contributed by atoms with van der Waals surface area (Å²) in [6.07, 6.45) is 1.13. The molecule has 1 aromatic rings. The largest absolute Gasteiger partial charge is 0.489 e. The van der Waals surface area contributed by atoms with E-state index in [1.165, 1.54) is 0 Å². The van der Waals surface area contributed by atoms with Gasteiger partial charge in [-0.05, 0) is 44.9 Å². The highest BCUT2D eigenvalue weighted by molar-refractivity contribution is 5.76. The molecule has 118 valence electrons. The highest BCUT2D eigenvalue weighted by Crippen LogP contribution is 2.24. The number of hydrogen-bond donors (Lipinski definition) is 2. The molecule has 0 atom stereocenters. The summed E-state index contributed by atoms with van der Waals surface area (Å²) in [6, 6.07) is 5.64. The van der Waals surface area contributed by atoms with Crippen LogP contribution in [0.4, 0.5) is 5.69 Å². The van der Waals surface area contributed by atoms with Crippen LogP contribution in [0.1, 0.15) is 32.8 Å². The van der Waals surface area contributed by atoms with Crippen LogP contribution in [0.2, 0.25) is 0 Å². The molecule has 0 aliphatic carbocycles. The van der Waals surface area contributed by atoms with Gasteiger partial charge in [-0.1, -0.05) is 6.07 Å². The number of benzene rings is 1. The van der Waals surface area contributed by atoms with Crippen molar-refractivity contribution in [3.63, 3.8) is 0 Å². The second kappa shape index (κ2) is 8.52. The maximum atomic E-state index is 12.0. The van der Waals surface area contributed by atoms with E-state index < -0.39 is 0 Å². The average Bonchev–Trinajstić information content (AvgIpc) is 2.44. The Morgan fingerprint density at radius 3 is 2.67 bits per heavy atom. The van der Waals surface area contributed by atoms with Crippen LogP contribution in [0.15, 0.2) is 18.2 Å². The number of aryl methyl sites for hydroxylation is 1. The van der Waals surface area contributed by atoms with Crippen molar-refractivity contribution in [2.75, 3.05) is 25.4 Å². The number of ether oxygens (including phenoxy) is 1. The van der Waals surface area contributed by atoms with E-state index in [2.05, 4.69) is 0 Å². The van der Waals surface area contributed by atoms with E-state index in [0.29, 0.717) is 37.4 Å². The number of nitrogen functional groups attached to an aromatic ring is 1. The normalized spacial score (nSPS) is 10.7. The number of nitrogens with zero attached hydrogens (tertiary/aromatic N) is 1. The fraction of sp³-hybridized carbons (Fsp3) is 0.562. The Balaban J connectivity index is 2.59. The van der Waals surface area contributed by atoms with Gasteiger partial charge < -0.3 is 20.5 Å². The molecule has 0 aliphatic rings. The van der Waals surface area contributed by atoms with Crippen LogP contribution in [0.5, 0.6) is 5.75 Å². The highest BCUT2D eigenvalue weighted by atomic mass is 16.5. The summed E-state index contributed by atoms with van der Waals surface area (Å²) in [7, 11) is 0. The number of aliphatic hydroxyl groups is 1. The zero-order chi connectivity index (χ0) is 15.8. The number of rotatable bonds is 8. The molecule has 0 radical (unpaired) electrons. The Morgan fingerprint density at radius 1 is 1.43 bits per heavy atom. The summed E-state index contributed by atoms with van der Waals surface area (Å²) in [5, 5.41) is 8.92. The fourth-order valence-corrected chi connectivity index (χ4v) is 2.10. The first-order chi connectivity index (χ1) is 9.97. The van der Waals surface area contributed by atoms with E-state index in [4.69, 9.17) is 15.6 Å². The monoisotopic (exact) mass is 294 g/mol. The van der Waals surface area contributed by atoms with Gasteiger partial charge in [-0.3, -0.25) is 4.79 Å². The van der Waals surface area contributed by atoms with Gasteiger partial charge in [0.1, 0.15) is 5.75 Å². The summed E-state index contributed by atoms with van der Waals surface area (Å²) in [5.74, 6) is 0.725. The number of carbonyl (C=O) groups excluding carboxylic acids is 1. The molecule has 0 fully saturated rings. The lowest BCUT2D eigenvalue weighted by molar-refractivity contribution is -0.131. The van der Waals surface area contributed by atoms with Crippen molar-refractivity contribution in [3.05, 3.63) is 23.8 Å². The third kappa shape index (κ3) is 5.63. The minimum absolute atomic E-state index is 0.00618. The van der Waals surface area contributed by atoms with Crippen molar-refractivity contribution < 1.29 is 14.6 Å². The molecular weight excluding hydrogens is 268 g/mol. The van der Waals surface area contributed by atoms with Gasteiger partial charge in [-0.25, -0.2) is 0 Å². The van der Waals surface area contributed by atoms with E-state index in [9.17, 15) is 4.79 Å². The molecule has 0 aliphatic heterocycles. The number of anilines is 1. The smallest absolute Gasteiger partial charge is 0.222 e. The number of nitrogens with two attached hydrogens (primary N) is 1. The van der Waals surface area contributed by atoms with Crippen LogP contribution < -0.4 is 10.5 Å². The lowest BCUT2D eigenvalue weighted by Gasteiger charge is -2.19. The maximum Gasteiger partial charge on any atom is 0.222 e. The van der Waals surface area contributed by atoms with Gasteiger partial charge in [0.05, 0.1) is 18.4 Å². The Morgan fingerprint density at radius 2 is 2.14 bits per heavy atom. The minimum atomic E-state index is -0.00618. The van der Waals surface area contributed by atoms with Crippen LogP contribution in [0.3, 0.4) is 0 Å². The summed E-state index contributed by atoms with van der Waals surface area (Å²) in [5.41, 5.74) is 7.56. The van der Waals surface area contributed by atoms with E-state index >= 15 is 0 Å². The SMILES string of the molecule is CCN(CCO)C(=O)CCc1ccc(OC(C)C)c(N)c1. The van der Waals surface area contributed by atoms with E-state index in [1.54, 1.807) is 4.90 Å². The Hall–Kier alpha value is -1.75. The standard InChI is InChI=1S/C16H26N2O3/c1-4-18(9-10-19)16(20)8-6-13-5-7-15(14(17)11-13)21-12(2)3/h5,7,11-12,19H,4,6,8-10,17H2,1-3H3. The molecule has 1 amide bonds. The molecule has 0 spiro atoms. The molecule has 0 heterocycles. The first-order valence-corrected chi connectivity index (χ1v) is 7.41. The molecule has 0 bridgehead atoms. The molecule has 0 saturated heterocycles. The predicted molar refractivity (Wildman–Crippen MR) is 84.3 cm³/mol. The highest BCUT2D eigenvalue weighted by Gasteiger charge is 2.11.